The number of pyridine rings is 2. The molecule has 0 aliphatic rings. The van der Waals surface area contributed by atoms with Crippen molar-refractivity contribution in [2.24, 2.45) is 0 Å². The molecule has 0 saturated carbocycles. The van der Waals surface area contributed by atoms with Crippen LogP contribution in [0.1, 0.15) is 22.5 Å². The second kappa shape index (κ2) is 10.9. The van der Waals surface area contributed by atoms with Gasteiger partial charge < -0.3 is 14.3 Å². The lowest BCUT2D eigenvalue weighted by atomic mass is 10.0. The van der Waals surface area contributed by atoms with Crippen LogP contribution in [0.2, 0.25) is 5.02 Å². The average molecular weight is 549 g/mol. The number of benzene rings is 1. The lowest BCUT2D eigenvalue weighted by Crippen LogP contribution is -2.07. The quantitative estimate of drug-likeness (QED) is 0.244. The van der Waals surface area contributed by atoms with Crippen LogP contribution < -0.4 is 10.4 Å². The van der Waals surface area contributed by atoms with Crippen LogP contribution >= 0.6 is 23.4 Å². The third-order valence-corrected chi connectivity index (χ3v) is 6.50. The fraction of sp³-hybridized carbons (Fsp3) is 0.192. The fourth-order valence-corrected chi connectivity index (χ4v) is 4.45. The Hall–Kier alpha value is -3.50. The lowest BCUT2D eigenvalue weighted by molar-refractivity contribution is -0.137. The van der Waals surface area contributed by atoms with Gasteiger partial charge in [-0.25, -0.2) is 14.8 Å². The summed E-state index contributed by atoms with van der Waals surface area (Å²) in [4.78, 5) is 20.7. The molecular weight excluding hydrogens is 529 g/mol. The van der Waals surface area contributed by atoms with Gasteiger partial charge in [-0.05, 0) is 54.8 Å². The second-order valence-electron chi connectivity index (χ2n) is 8.12. The molecule has 0 atom stereocenters. The number of aryl methyl sites for hydroxylation is 3. The first-order valence-electron chi connectivity index (χ1n) is 10.9. The number of hydrogen-bond donors (Lipinski definition) is 1. The van der Waals surface area contributed by atoms with Gasteiger partial charge in [0.05, 0.1) is 10.6 Å². The van der Waals surface area contributed by atoms with Crippen LogP contribution in [0.4, 0.5) is 13.2 Å². The number of alkyl halides is 3. The van der Waals surface area contributed by atoms with Crippen LogP contribution in [0, 0.1) is 13.8 Å². The molecule has 1 aromatic carbocycles. The molecule has 37 heavy (non-hydrogen) atoms. The highest BCUT2D eigenvalue weighted by Gasteiger charge is 2.32. The van der Waals surface area contributed by atoms with Gasteiger partial charge in [-0.1, -0.05) is 23.7 Å². The third kappa shape index (κ3) is 6.44. The fourth-order valence-electron chi connectivity index (χ4n) is 3.44. The molecule has 0 aliphatic carbocycles. The zero-order valence-corrected chi connectivity index (χ0v) is 21.2. The van der Waals surface area contributed by atoms with Crippen LogP contribution in [0.25, 0.3) is 11.1 Å². The highest BCUT2D eigenvalue weighted by atomic mass is 35.5. The number of ether oxygens (including phenoxy) is 1. The van der Waals surface area contributed by atoms with Gasteiger partial charge in [0.25, 0.3) is 0 Å². The molecular formula is C26H20ClF3N2O4S. The molecule has 0 bridgehead atoms. The minimum absolute atomic E-state index is 0.00802. The zero-order chi connectivity index (χ0) is 26.7. The Morgan fingerprint density at radius 1 is 1.08 bits per heavy atom. The predicted octanol–water partition coefficient (Wildman–Crippen LogP) is 7.22. The van der Waals surface area contributed by atoms with E-state index in [1.165, 1.54) is 30.0 Å². The van der Waals surface area contributed by atoms with Crippen LogP contribution in [-0.4, -0.2) is 20.8 Å². The SMILES string of the molecule is Cc1ccc(SCCc2cc(O)c(-c3ccc(Oc4ncc(C(F)(F)F)cc4Cl)cc3C)c(=O)o2)nc1. The van der Waals surface area contributed by atoms with E-state index in [-0.39, 0.29) is 28.0 Å². The molecule has 0 unspecified atom stereocenters. The maximum atomic E-state index is 12.8. The number of thioether (sulfide) groups is 1. The van der Waals surface area contributed by atoms with Crippen molar-refractivity contribution in [3.63, 3.8) is 0 Å². The summed E-state index contributed by atoms with van der Waals surface area (Å²) in [5.41, 5.74) is 0.328. The Balaban J connectivity index is 1.49. The second-order valence-corrected chi connectivity index (χ2v) is 9.64. The summed E-state index contributed by atoms with van der Waals surface area (Å²) in [5.74, 6) is 0.744. The van der Waals surface area contributed by atoms with Gasteiger partial charge in [-0.3, -0.25) is 0 Å². The first-order chi connectivity index (χ1) is 17.5. The molecule has 0 fully saturated rings. The minimum Gasteiger partial charge on any atom is -0.507 e. The molecule has 1 N–H and O–H groups in total. The standard InChI is InChI=1S/C26H20ClF3N2O4S/c1-14-3-6-22(31-12-14)37-8-7-18-11-21(33)23(25(34)36-18)19-5-4-17(9-15(19)2)35-24-20(27)10-16(13-32-24)26(28,29)30/h3-6,9-13,33H,7-8H2,1-2H3. The molecule has 3 aromatic heterocycles. The van der Waals surface area contributed by atoms with Gasteiger partial charge in [-0.15, -0.1) is 11.8 Å². The maximum Gasteiger partial charge on any atom is 0.417 e. The normalized spacial score (nSPS) is 11.5. The number of aromatic nitrogens is 2. The monoisotopic (exact) mass is 548 g/mol. The van der Waals surface area contributed by atoms with E-state index in [0.717, 1.165) is 16.7 Å². The van der Waals surface area contributed by atoms with Gasteiger partial charge >= 0.3 is 11.8 Å². The number of aromatic hydroxyl groups is 1. The summed E-state index contributed by atoms with van der Waals surface area (Å²) < 4.78 is 49.4. The molecule has 0 spiro atoms. The average Bonchev–Trinajstić information content (AvgIpc) is 2.82. The van der Waals surface area contributed by atoms with Gasteiger partial charge in [0.2, 0.25) is 5.88 Å². The highest BCUT2D eigenvalue weighted by Crippen LogP contribution is 2.36. The Morgan fingerprint density at radius 2 is 1.86 bits per heavy atom. The van der Waals surface area contributed by atoms with Crippen LogP contribution in [0.5, 0.6) is 17.4 Å². The van der Waals surface area contributed by atoms with Crippen LogP contribution in [0.15, 0.2) is 69.1 Å². The highest BCUT2D eigenvalue weighted by molar-refractivity contribution is 7.99. The summed E-state index contributed by atoms with van der Waals surface area (Å²) in [5, 5.41) is 11.1. The minimum atomic E-state index is -4.58. The van der Waals surface area contributed by atoms with E-state index in [9.17, 15) is 23.1 Å². The van der Waals surface area contributed by atoms with E-state index < -0.39 is 17.4 Å². The van der Waals surface area contributed by atoms with Crippen molar-refractivity contribution >= 4 is 23.4 Å². The number of nitrogens with zero attached hydrogens (tertiary/aromatic N) is 2. The summed E-state index contributed by atoms with van der Waals surface area (Å²) >= 11 is 7.41. The first kappa shape index (κ1) is 26.6. The summed E-state index contributed by atoms with van der Waals surface area (Å²) in [7, 11) is 0. The molecule has 0 saturated heterocycles. The third-order valence-electron chi connectivity index (χ3n) is 5.28. The van der Waals surface area contributed by atoms with Gasteiger partial charge in [0, 0.05) is 30.6 Å². The molecule has 3 heterocycles. The summed E-state index contributed by atoms with van der Waals surface area (Å²) in [6.45, 7) is 3.64. The maximum absolute atomic E-state index is 12.8. The van der Waals surface area contributed by atoms with Crippen molar-refractivity contribution in [1.29, 1.82) is 0 Å². The largest absolute Gasteiger partial charge is 0.507 e. The van der Waals surface area contributed by atoms with E-state index in [1.807, 2.05) is 19.1 Å². The lowest BCUT2D eigenvalue weighted by Gasteiger charge is -2.12. The van der Waals surface area contributed by atoms with Crippen molar-refractivity contribution < 1.29 is 27.4 Å². The summed E-state index contributed by atoms with van der Waals surface area (Å²) in [6.07, 6.45) is -1.77. The predicted molar refractivity (Wildman–Crippen MR) is 135 cm³/mol. The van der Waals surface area contributed by atoms with E-state index in [1.54, 1.807) is 19.2 Å². The number of hydrogen-bond acceptors (Lipinski definition) is 7. The first-order valence-corrected chi connectivity index (χ1v) is 12.3. The molecule has 6 nitrogen and oxygen atoms in total. The molecule has 11 heteroatoms. The van der Waals surface area contributed by atoms with Crippen molar-refractivity contribution in [1.82, 2.24) is 9.97 Å². The molecule has 0 amide bonds. The van der Waals surface area contributed by atoms with Crippen LogP contribution in [0.3, 0.4) is 0 Å². The van der Waals surface area contributed by atoms with Gasteiger partial charge in [0.1, 0.15) is 27.8 Å². The van der Waals surface area contributed by atoms with Crippen molar-refractivity contribution in [3.8, 4) is 28.5 Å². The van der Waals surface area contributed by atoms with E-state index in [4.69, 9.17) is 20.8 Å². The van der Waals surface area contributed by atoms with Crippen molar-refractivity contribution in [2.45, 2.75) is 31.5 Å². The molecule has 4 rings (SSSR count). The van der Waals surface area contributed by atoms with Gasteiger partial charge in [0.15, 0.2) is 0 Å². The Bertz CT molecular complexity index is 1490. The number of rotatable bonds is 7. The number of halogens is 4. The smallest absolute Gasteiger partial charge is 0.417 e. The van der Waals surface area contributed by atoms with Crippen molar-refractivity contribution in [3.05, 3.63) is 92.8 Å². The topological polar surface area (TPSA) is 85.5 Å². The Labute approximate surface area is 219 Å². The molecule has 4 aromatic rings. The van der Waals surface area contributed by atoms with Crippen molar-refractivity contribution in [2.75, 3.05) is 5.75 Å². The molecule has 0 aliphatic heterocycles. The summed E-state index contributed by atoms with van der Waals surface area (Å²) in [6, 6.07) is 10.6. The molecule has 0 radical (unpaired) electrons. The van der Waals surface area contributed by atoms with E-state index in [2.05, 4.69) is 9.97 Å². The Kier molecular flexibility index (Phi) is 7.79. The Morgan fingerprint density at radius 3 is 2.49 bits per heavy atom. The zero-order valence-electron chi connectivity index (χ0n) is 19.6. The molecule has 192 valence electrons. The van der Waals surface area contributed by atoms with E-state index >= 15 is 0 Å². The van der Waals surface area contributed by atoms with E-state index in [0.29, 0.717) is 35.3 Å². The van der Waals surface area contributed by atoms with Gasteiger partial charge in [-0.2, -0.15) is 13.2 Å². The van der Waals surface area contributed by atoms with Crippen LogP contribution in [-0.2, 0) is 12.6 Å².